The van der Waals surface area contributed by atoms with Crippen molar-refractivity contribution < 1.29 is 9.53 Å². The summed E-state index contributed by atoms with van der Waals surface area (Å²) in [6.45, 7) is 0.468. The van der Waals surface area contributed by atoms with Crippen LogP contribution in [-0.4, -0.2) is 25.5 Å². The van der Waals surface area contributed by atoms with E-state index in [4.69, 9.17) is 33.7 Å². The molecule has 3 nitrogen and oxygen atoms in total. The molecule has 0 bridgehead atoms. The summed E-state index contributed by atoms with van der Waals surface area (Å²) >= 11 is 11.9. The van der Waals surface area contributed by atoms with Crippen LogP contribution in [0.1, 0.15) is 12.0 Å². The first-order valence-electron chi connectivity index (χ1n) is 5.26. The van der Waals surface area contributed by atoms with Gasteiger partial charge in [0, 0.05) is 20.1 Å². The fourth-order valence-corrected chi connectivity index (χ4v) is 1.80. The SMILES string of the molecule is COCCC(N)C(=O)Cc1cccc(Cl)c1Cl. The van der Waals surface area contributed by atoms with Gasteiger partial charge in [-0.3, -0.25) is 4.79 Å². The highest BCUT2D eigenvalue weighted by Gasteiger charge is 2.15. The van der Waals surface area contributed by atoms with E-state index >= 15 is 0 Å². The predicted molar refractivity (Wildman–Crippen MR) is 69.6 cm³/mol. The molecule has 1 atom stereocenters. The minimum absolute atomic E-state index is 0.0637. The molecule has 0 fully saturated rings. The van der Waals surface area contributed by atoms with E-state index in [2.05, 4.69) is 0 Å². The Kier molecular flexibility index (Phi) is 5.92. The number of carbonyl (C=O) groups excluding carboxylic acids is 1. The molecule has 94 valence electrons. The summed E-state index contributed by atoms with van der Waals surface area (Å²) in [4.78, 5) is 11.8. The molecule has 17 heavy (non-hydrogen) atoms. The third kappa shape index (κ3) is 4.28. The van der Waals surface area contributed by atoms with Crippen LogP contribution in [0.15, 0.2) is 18.2 Å². The van der Waals surface area contributed by atoms with Crippen LogP contribution in [0.25, 0.3) is 0 Å². The highest BCUT2D eigenvalue weighted by atomic mass is 35.5. The van der Waals surface area contributed by atoms with Crippen molar-refractivity contribution in [3.05, 3.63) is 33.8 Å². The van der Waals surface area contributed by atoms with Gasteiger partial charge in [0.2, 0.25) is 0 Å². The number of rotatable bonds is 6. The van der Waals surface area contributed by atoms with Crippen molar-refractivity contribution >= 4 is 29.0 Å². The molecular formula is C12H15Cl2NO2. The second-order valence-electron chi connectivity index (χ2n) is 3.74. The number of halogens is 2. The Bertz CT molecular complexity index is 396. The minimum Gasteiger partial charge on any atom is -0.385 e. The van der Waals surface area contributed by atoms with Crippen LogP contribution in [0.3, 0.4) is 0 Å². The smallest absolute Gasteiger partial charge is 0.154 e. The maximum Gasteiger partial charge on any atom is 0.154 e. The molecule has 2 N–H and O–H groups in total. The van der Waals surface area contributed by atoms with Crippen LogP contribution in [0.4, 0.5) is 0 Å². The van der Waals surface area contributed by atoms with Gasteiger partial charge in [0.15, 0.2) is 5.78 Å². The van der Waals surface area contributed by atoms with E-state index in [1.807, 2.05) is 0 Å². The van der Waals surface area contributed by atoms with Gasteiger partial charge in [-0.05, 0) is 18.1 Å². The first-order chi connectivity index (χ1) is 8.06. The Morgan fingerprint density at radius 1 is 1.47 bits per heavy atom. The summed E-state index contributed by atoms with van der Waals surface area (Å²) in [6, 6.07) is 4.69. The van der Waals surface area contributed by atoms with Crippen molar-refractivity contribution in [3.63, 3.8) is 0 Å². The molecule has 1 unspecified atom stereocenters. The quantitative estimate of drug-likeness (QED) is 0.868. The summed E-state index contributed by atoms with van der Waals surface area (Å²) in [6.07, 6.45) is 0.706. The van der Waals surface area contributed by atoms with Gasteiger partial charge in [-0.1, -0.05) is 35.3 Å². The third-order valence-electron chi connectivity index (χ3n) is 2.44. The lowest BCUT2D eigenvalue weighted by Crippen LogP contribution is -2.33. The Morgan fingerprint density at radius 3 is 2.82 bits per heavy atom. The molecular weight excluding hydrogens is 261 g/mol. The van der Waals surface area contributed by atoms with E-state index in [1.165, 1.54) is 0 Å². The van der Waals surface area contributed by atoms with E-state index in [9.17, 15) is 4.79 Å². The van der Waals surface area contributed by atoms with Gasteiger partial charge in [0.1, 0.15) is 0 Å². The average molecular weight is 276 g/mol. The van der Waals surface area contributed by atoms with Gasteiger partial charge in [0.05, 0.1) is 16.1 Å². The van der Waals surface area contributed by atoms with E-state index in [1.54, 1.807) is 25.3 Å². The molecule has 0 aromatic heterocycles. The van der Waals surface area contributed by atoms with Crippen molar-refractivity contribution in [2.75, 3.05) is 13.7 Å². The molecule has 0 aliphatic rings. The highest BCUT2D eigenvalue weighted by molar-refractivity contribution is 6.42. The normalized spacial score (nSPS) is 12.5. The fourth-order valence-electron chi connectivity index (χ4n) is 1.41. The summed E-state index contributed by atoms with van der Waals surface area (Å²) in [7, 11) is 1.57. The second kappa shape index (κ2) is 6.97. The standard InChI is InChI=1S/C12H15Cl2NO2/c1-17-6-5-10(15)11(16)7-8-3-2-4-9(13)12(8)14/h2-4,10H,5-7,15H2,1H3. The van der Waals surface area contributed by atoms with E-state index in [0.29, 0.717) is 28.6 Å². The summed E-state index contributed by atoms with van der Waals surface area (Å²) in [5.41, 5.74) is 6.44. The Morgan fingerprint density at radius 2 is 2.18 bits per heavy atom. The largest absolute Gasteiger partial charge is 0.385 e. The molecule has 1 aromatic carbocycles. The molecule has 0 saturated heterocycles. The Labute approximate surface area is 111 Å². The third-order valence-corrected chi connectivity index (χ3v) is 3.30. The molecule has 1 aromatic rings. The fraction of sp³-hybridized carbons (Fsp3) is 0.417. The van der Waals surface area contributed by atoms with E-state index in [-0.39, 0.29) is 12.2 Å². The van der Waals surface area contributed by atoms with Gasteiger partial charge in [-0.25, -0.2) is 0 Å². The van der Waals surface area contributed by atoms with Crippen molar-refractivity contribution in [3.8, 4) is 0 Å². The zero-order chi connectivity index (χ0) is 12.8. The Hall–Kier alpha value is -0.610. The topological polar surface area (TPSA) is 52.3 Å². The molecule has 0 radical (unpaired) electrons. The average Bonchev–Trinajstić information content (AvgIpc) is 2.31. The lowest BCUT2D eigenvalue weighted by atomic mass is 10.0. The van der Waals surface area contributed by atoms with E-state index < -0.39 is 6.04 Å². The summed E-state index contributed by atoms with van der Waals surface area (Å²) in [5, 5.41) is 0.865. The lowest BCUT2D eigenvalue weighted by Gasteiger charge is -2.11. The second-order valence-corrected chi connectivity index (χ2v) is 4.53. The maximum absolute atomic E-state index is 11.8. The van der Waals surface area contributed by atoms with Crippen LogP contribution < -0.4 is 5.73 Å². The summed E-state index contributed by atoms with van der Waals surface area (Å²) < 4.78 is 4.88. The van der Waals surface area contributed by atoms with Crippen LogP contribution in [0.5, 0.6) is 0 Å². The van der Waals surface area contributed by atoms with Gasteiger partial charge in [-0.2, -0.15) is 0 Å². The van der Waals surface area contributed by atoms with Gasteiger partial charge in [0.25, 0.3) is 0 Å². The zero-order valence-electron chi connectivity index (χ0n) is 9.58. The minimum atomic E-state index is -0.523. The van der Waals surface area contributed by atoms with Crippen molar-refractivity contribution in [2.45, 2.75) is 18.9 Å². The molecule has 1 rings (SSSR count). The maximum atomic E-state index is 11.8. The Balaban J connectivity index is 2.64. The van der Waals surface area contributed by atoms with Crippen molar-refractivity contribution in [2.24, 2.45) is 5.73 Å². The molecule has 5 heteroatoms. The highest BCUT2D eigenvalue weighted by Crippen LogP contribution is 2.26. The number of ether oxygens (including phenoxy) is 1. The molecule has 0 aliphatic carbocycles. The van der Waals surface area contributed by atoms with Crippen LogP contribution in [0.2, 0.25) is 10.0 Å². The number of nitrogens with two attached hydrogens (primary N) is 1. The van der Waals surface area contributed by atoms with Crippen molar-refractivity contribution in [1.82, 2.24) is 0 Å². The number of benzene rings is 1. The lowest BCUT2D eigenvalue weighted by molar-refractivity contribution is -0.120. The molecule has 0 aliphatic heterocycles. The number of ketones is 1. The van der Waals surface area contributed by atoms with Crippen LogP contribution in [0, 0.1) is 0 Å². The number of hydrogen-bond acceptors (Lipinski definition) is 3. The van der Waals surface area contributed by atoms with E-state index in [0.717, 1.165) is 0 Å². The number of Topliss-reactive ketones (excluding diaryl/α,β-unsaturated/α-hetero) is 1. The van der Waals surface area contributed by atoms with Crippen LogP contribution in [-0.2, 0) is 16.0 Å². The first-order valence-corrected chi connectivity index (χ1v) is 6.02. The first kappa shape index (κ1) is 14.5. The zero-order valence-corrected chi connectivity index (χ0v) is 11.1. The monoisotopic (exact) mass is 275 g/mol. The summed E-state index contributed by atoms with van der Waals surface area (Å²) in [5.74, 6) is -0.0637. The van der Waals surface area contributed by atoms with Gasteiger partial charge in [-0.15, -0.1) is 0 Å². The molecule has 0 spiro atoms. The predicted octanol–water partition coefficient (Wildman–Crippen LogP) is 2.47. The molecule has 0 amide bonds. The number of methoxy groups -OCH3 is 1. The molecule has 0 saturated carbocycles. The number of hydrogen-bond donors (Lipinski definition) is 1. The van der Waals surface area contributed by atoms with Crippen LogP contribution >= 0.6 is 23.2 Å². The number of carbonyl (C=O) groups is 1. The van der Waals surface area contributed by atoms with Crippen molar-refractivity contribution in [1.29, 1.82) is 0 Å². The molecule has 0 heterocycles. The van der Waals surface area contributed by atoms with Gasteiger partial charge < -0.3 is 10.5 Å². The van der Waals surface area contributed by atoms with Gasteiger partial charge >= 0.3 is 0 Å².